The van der Waals surface area contributed by atoms with Gasteiger partial charge in [0.05, 0.1) is 7.11 Å². The van der Waals surface area contributed by atoms with E-state index >= 15 is 0 Å². The molecule has 1 unspecified atom stereocenters. The molecule has 0 spiro atoms. The van der Waals surface area contributed by atoms with Crippen LogP contribution in [0.25, 0.3) is 0 Å². The van der Waals surface area contributed by atoms with Crippen LogP contribution < -0.4 is 10.1 Å². The maximum absolute atomic E-state index is 12.3. The second kappa shape index (κ2) is 9.67. The van der Waals surface area contributed by atoms with Gasteiger partial charge in [0.1, 0.15) is 5.75 Å². The minimum Gasteiger partial charge on any atom is -0.496 e. The monoisotopic (exact) mass is 332 g/mol. The van der Waals surface area contributed by atoms with Gasteiger partial charge < -0.3 is 10.1 Å². The lowest BCUT2D eigenvalue weighted by Gasteiger charge is -2.37. The van der Waals surface area contributed by atoms with Crippen molar-refractivity contribution >= 4 is 5.91 Å². The maximum atomic E-state index is 12.3. The number of para-hydroxylation sites is 1. The standard InChI is InChI=1S/C20H32N2O2/c1-16(2)18(22-13-7-4-8-14-22)15-21-20(23)12-11-17-9-5-6-10-19(17)24-3/h5-6,9-10,16,18H,4,7-8,11-15H2,1-3H3,(H,21,23). The molecule has 134 valence electrons. The molecular weight excluding hydrogens is 300 g/mol. The highest BCUT2D eigenvalue weighted by Gasteiger charge is 2.23. The van der Waals surface area contributed by atoms with E-state index in [0.717, 1.165) is 17.9 Å². The highest BCUT2D eigenvalue weighted by molar-refractivity contribution is 5.76. The number of likely N-dealkylation sites (tertiary alicyclic amines) is 1. The third-order valence-corrected chi connectivity index (χ3v) is 4.95. The molecule has 24 heavy (non-hydrogen) atoms. The molecule has 1 N–H and O–H groups in total. The molecule has 1 fully saturated rings. The Balaban J connectivity index is 1.80. The Morgan fingerprint density at radius 2 is 1.92 bits per heavy atom. The van der Waals surface area contributed by atoms with E-state index in [1.807, 2.05) is 24.3 Å². The molecule has 1 aromatic rings. The molecular formula is C20H32N2O2. The summed E-state index contributed by atoms with van der Waals surface area (Å²) in [6.45, 7) is 7.59. The zero-order valence-electron chi connectivity index (χ0n) is 15.4. The number of nitrogens with one attached hydrogen (secondary N) is 1. The number of amides is 1. The van der Waals surface area contributed by atoms with Gasteiger partial charge in [-0.05, 0) is 49.9 Å². The number of carbonyl (C=O) groups excluding carboxylic acids is 1. The summed E-state index contributed by atoms with van der Waals surface area (Å²) < 4.78 is 5.35. The largest absolute Gasteiger partial charge is 0.496 e. The molecule has 2 rings (SSSR count). The minimum absolute atomic E-state index is 0.128. The van der Waals surface area contributed by atoms with Crippen LogP contribution in [-0.4, -0.2) is 43.6 Å². The van der Waals surface area contributed by atoms with Crippen molar-refractivity contribution in [1.29, 1.82) is 0 Å². The van der Waals surface area contributed by atoms with E-state index in [2.05, 4.69) is 24.1 Å². The highest BCUT2D eigenvalue weighted by atomic mass is 16.5. The van der Waals surface area contributed by atoms with Gasteiger partial charge in [0.2, 0.25) is 5.91 Å². The van der Waals surface area contributed by atoms with Crippen LogP contribution in [-0.2, 0) is 11.2 Å². The molecule has 1 saturated heterocycles. The van der Waals surface area contributed by atoms with E-state index in [9.17, 15) is 4.79 Å². The number of benzene rings is 1. The molecule has 0 bridgehead atoms. The first-order chi connectivity index (χ1) is 11.6. The Morgan fingerprint density at radius 1 is 1.21 bits per heavy atom. The lowest BCUT2D eigenvalue weighted by Crippen LogP contribution is -2.48. The Labute approximate surface area is 146 Å². The molecule has 4 nitrogen and oxygen atoms in total. The summed E-state index contributed by atoms with van der Waals surface area (Å²) in [4.78, 5) is 14.8. The number of hydrogen-bond donors (Lipinski definition) is 1. The Morgan fingerprint density at radius 3 is 2.58 bits per heavy atom. The fraction of sp³-hybridized carbons (Fsp3) is 0.650. The molecule has 1 aliphatic rings. The van der Waals surface area contributed by atoms with Crippen LogP contribution in [0.5, 0.6) is 5.75 Å². The Kier molecular flexibility index (Phi) is 7.57. The summed E-state index contributed by atoms with van der Waals surface area (Å²) in [6, 6.07) is 8.35. The molecule has 1 atom stereocenters. The van der Waals surface area contributed by atoms with Crippen molar-refractivity contribution in [2.45, 2.75) is 52.0 Å². The zero-order valence-corrected chi connectivity index (χ0v) is 15.4. The second-order valence-electron chi connectivity index (χ2n) is 7.02. The molecule has 1 aliphatic heterocycles. The van der Waals surface area contributed by atoms with Gasteiger partial charge in [-0.15, -0.1) is 0 Å². The lowest BCUT2D eigenvalue weighted by molar-refractivity contribution is -0.121. The summed E-state index contributed by atoms with van der Waals surface area (Å²) in [5.74, 6) is 1.54. The predicted molar refractivity (Wildman–Crippen MR) is 98.4 cm³/mol. The van der Waals surface area contributed by atoms with Gasteiger partial charge >= 0.3 is 0 Å². The van der Waals surface area contributed by atoms with E-state index in [1.54, 1.807) is 7.11 Å². The quantitative estimate of drug-likeness (QED) is 0.794. The third-order valence-electron chi connectivity index (χ3n) is 4.95. The highest BCUT2D eigenvalue weighted by Crippen LogP contribution is 2.19. The molecule has 4 heteroatoms. The SMILES string of the molecule is COc1ccccc1CCC(=O)NCC(C(C)C)N1CCCCC1. The maximum Gasteiger partial charge on any atom is 0.220 e. The number of methoxy groups -OCH3 is 1. The number of ether oxygens (including phenoxy) is 1. The molecule has 1 heterocycles. The van der Waals surface area contributed by atoms with Crippen molar-refractivity contribution in [2.75, 3.05) is 26.7 Å². The van der Waals surface area contributed by atoms with E-state index in [1.165, 1.54) is 32.4 Å². The van der Waals surface area contributed by atoms with E-state index in [4.69, 9.17) is 4.74 Å². The summed E-state index contributed by atoms with van der Waals surface area (Å²) in [7, 11) is 1.67. The first kappa shape index (κ1) is 18.8. The van der Waals surface area contributed by atoms with Crippen molar-refractivity contribution in [1.82, 2.24) is 10.2 Å². The average molecular weight is 332 g/mol. The fourth-order valence-electron chi connectivity index (χ4n) is 3.50. The van der Waals surface area contributed by atoms with Crippen molar-refractivity contribution in [3.8, 4) is 5.75 Å². The second-order valence-corrected chi connectivity index (χ2v) is 7.02. The minimum atomic E-state index is 0.128. The van der Waals surface area contributed by atoms with Crippen LogP contribution in [0.2, 0.25) is 0 Å². The van der Waals surface area contributed by atoms with Crippen LogP contribution >= 0.6 is 0 Å². The average Bonchev–Trinajstić information content (AvgIpc) is 2.61. The van der Waals surface area contributed by atoms with Crippen LogP contribution in [0.4, 0.5) is 0 Å². The first-order valence-electron chi connectivity index (χ1n) is 9.24. The number of rotatable bonds is 8. The molecule has 0 radical (unpaired) electrons. The van der Waals surface area contributed by atoms with E-state index in [-0.39, 0.29) is 5.91 Å². The first-order valence-corrected chi connectivity index (χ1v) is 9.24. The summed E-state index contributed by atoms with van der Waals surface area (Å²) in [6.07, 6.45) is 5.12. The number of piperidine rings is 1. The van der Waals surface area contributed by atoms with Gasteiger partial charge in [-0.25, -0.2) is 0 Å². The van der Waals surface area contributed by atoms with Crippen molar-refractivity contribution in [2.24, 2.45) is 5.92 Å². The van der Waals surface area contributed by atoms with Crippen LogP contribution in [0.15, 0.2) is 24.3 Å². The van der Waals surface area contributed by atoms with Gasteiger partial charge in [-0.3, -0.25) is 9.69 Å². The lowest BCUT2D eigenvalue weighted by atomic mass is 9.99. The van der Waals surface area contributed by atoms with Gasteiger partial charge in [0.25, 0.3) is 0 Å². The van der Waals surface area contributed by atoms with Crippen molar-refractivity contribution in [3.05, 3.63) is 29.8 Å². The van der Waals surface area contributed by atoms with E-state index < -0.39 is 0 Å². The van der Waals surface area contributed by atoms with Gasteiger partial charge in [0, 0.05) is 19.0 Å². The van der Waals surface area contributed by atoms with Gasteiger partial charge in [0.15, 0.2) is 0 Å². The van der Waals surface area contributed by atoms with Crippen molar-refractivity contribution < 1.29 is 9.53 Å². The Hall–Kier alpha value is -1.55. The molecule has 0 aliphatic carbocycles. The molecule has 1 amide bonds. The zero-order chi connectivity index (χ0) is 17.4. The number of carbonyl (C=O) groups is 1. The number of hydrogen-bond acceptors (Lipinski definition) is 3. The molecule has 0 aromatic heterocycles. The van der Waals surface area contributed by atoms with E-state index in [0.29, 0.717) is 24.8 Å². The van der Waals surface area contributed by atoms with Gasteiger partial charge in [-0.2, -0.15) is 0 Å². The third kappa shape index (κ3) is 5.52. The van der Waals surface area contributed by atoms with Crippen LogP contribution in [0.1, 0.15) is 45.1 Å². The number of nitrogens with zero attached hydrogens (tertiary/aromatic N) is 1. The van der Waals surface area contributed by atoms with Crippen molar-refractivity contribution in [3.63, 3.8) is 0 Å². The number of aryl methyl sites for hydroxylation is 1. The Bertz CT molecular complexity index is 510. The topological polar surface area (TPSA) is 41.6 Å². The summed E-state index contributed by atoms with van der Waals surface area (Å²) >= 11 is 0. The normalized spacial score (nSPS) is 16.8. The predicted octanol–water partition coefficient (Wildman–Crippen LogP) is 3.25. The fourth-order valence-corrected chi connectivity index (χ4v) is 3.50. The van der Waals surface area contributed by atoms with Crippen LogP contribution in [0, 0.1) is 5.92 Å². The van der Waals surface area contributed by atoms with Crippen LogP contribution in [0.3, 0.4) is 0 Å². The smallest absolute Gasteiger partial charge is 0.220 e. The molecule has 1 aromatic carbocycles. The summed E-state index contributed by atoms with van der Waals surface area (Å²) in [5, 5.41) is 3.15. The van der Waals surface area contributed by atoms with Gasteiger partial charge in [-0.1, -0.05) is 38.5 Å². The summed E-state index contributed by atoms with van der Waals surface area (Å²) in [5.41, 5.74) is 1.09. The molecule has 0 saturated carbocycles.